The van der Waals surface area contributed by atoms with Crippen LogP contribution in [0.25, 0.3) is 0 Å². The summed E-state index contributed by atoms with van der Waals surface area (Å²) < 4.78 is 0. The highest BCUT2D eigenvalue weighted by Gasteiger charge is 2.31. The van der Waals surface area contributed by atoms with Crippen LogP contribution < -0.4 is 10.2 Å². The Bertz CT molecular complexity index is 515. The van der Waals surface area contributed by atoms with Gasteiger partial charge >= 0.3 is 6.03 Å². The lowest BCUT2D eigenvalue weighted by molar-refractivity contribution is -0.384. The van der Waals surface area contributed by atoms with Crippen molar-refractivity contribution in [3.8, 4) is 0 Å². The highest BCUT2D eigenvalue weighted by atomic mass is 35.5. The predicted molar refractivity (Wildman–Crippen MR) is 59.0 cm³/mol. The number of nitrogens with one attached hydrogen (secondary N) is 1. The second-order valence-corrected chi connectivity index (χ2v) is 3.69. The Morgan fingerprint density at radius 3 is 2.65 bits per heavy atom. The summed E-state index contributed by atoms with van der Waals surface area (Å²) in [4.78, 5) is 33.6. The molecule has 17 heavy (non-hydrogen) atoms. The summed E-state index contributed by atoms with van der Waals surface area (Å²) in [6.45, 7) is -0.116. The van der Waals surface area contributed by atoms with E-state index >= 15 is 0 Å². The number of carbonyl (C=O) groups is 2. The van der Waals surface area contributed by atoms with Gasteiger partial charge in [-0.1, -0.05) is 11.6 Å². The molecule has 7 nitrogen and oxygen atoms in total. The van der Waals surface area contributed by atoms with E-state index in [1.54, 1.807) is 0 Å². The molecule has 1 heterocycles. The molecule has 1 aromatic rings. The number of nitro benzene ring substituents is 1. The first-order valence-electron chi connectivity index (χ1n) is 4.55. The summed E-state index contributed by atoms with van der Waals surface area (Å²) >= 11 is 5.63. The lowest BCUT2D eigenvalue weighted by atomic mass is 10.2. The maximum absolute atomic E-state index is 11.4. The third-order valence-electron chi connectivity index (χ3n) is 2.23. The topological polar surface area (TPSA) is 92.6 Å². The van der Waals surface area contributed by atoms with Crippen LogP contribution in [0.3, 0.4) is 0 Å². The maximum atomic E-state index is 11.4. The van der Waals surface area contributed by atoms with Crippen LogP contribution in [0.15, 0.2) is 18.2 Å². The molecule has 1 fully saturated rings. The fourth-order valence-corrected chi connectivity index (χ4v) is 1.65. The van der Waals surface area contributed by atoms with Gasteiger partial charge in [-0.3, -0.25) is 14.9 Å². The molecule has 1 aliphatic rings. The van der Waals surface area contributed by atoms with Crippen LogP contribution in [0, 0.1) is 10.1 Å². The quantitative estimate of drug-likeness (QED) is 0.490. The summed E-state index contributed by atoms with van der Waals surface area (Å²) in [6, 6.07) is 3.13. The molecule has 3 amide bonds. The number of nitrogens with zero attached hydrogens (tertiary/aromatic N) is 2. The lowest BCUT2D eigenvalue weighted by Gasteiger charge is -2.11. The van der Waals surface area contributed by atoms with E-state index < -0.39 is 16.9 Å². The van der Waals surface area contributed by atoms with Gasteiger partial charge in [-0.05, 0) is 12.1 Å². The van der Waals surface area contributed by atoms with Crippen molar-refractivity contribution in [3.05, 3.63) is 33.3 Å². The van der Waals surface area contributed by atoms with Gasteiger partial charge < -0.3 is 5.32 Å². The average Bonchev–Trinajstić information content (AvgIpc) is 2.59. The molecule has 1 aromatic carbocycles. The van der Waals surface area contributed by atoms with Crippen molar-refractivity contribution >= 4 is 34.9 Å². The Morgan fingerprint density at radius 2 is 2.12 bits per heavy atom. The first-order chi connectivity index (χ1) is 8.00. The van der Waals surface area contributed by atoms with Crippen molar-refractivity contribution in [2.75, 3.05) is 11.4 Å². The Hall–Kier alpha value is -2.15. The van der Waals surface area contributed by atoms with Gasteiger partial charge in [0.15, 0.2) is 0 Å². The first-order valence-corrected chi connectivity index (χ1v) is 4.93. The highest BCUT2D eigenvalue weighted by Crippen LogP contribution is 2.29. The van der Waals surface area contributed by atoms with E-state index in [4.69, 9.17) is 11.6 Å². The molecule has 0 bridgehead atoms. The van der Waals surface area contributed by atoms with Gasteiger partial charge in [-0.25, -0.2) is 9.69 Å². The summed E-state index contributed by atoms with van der Waals surface area (Å²) in [7, 11) is 0. The molecule has 0 aliphatic carbocycles. The van der Waals surface area contributed by atoms with Crippen LogP contribution in [0.2, 0.25) is 5.02 Å². The monoisotopic (exact) mass is 255 g/mol. The number of urea groups is 1. The number of nitro groups is 1. The standard InChI is InChI=1S/C9H6ClN3O4/c10-6-2-1-5(3-7(6)13(16)17)12-8(14)4-11-9(12)15/h1-3H,4H2,(H,11,15). The van der Waals surface area contributed by atoms with Crippen molar-refractivity contribution in [3.63, 3.8) is 0 Å². The molecular formula is C9H6ClN3O4. The molecule has 0 atom stereocenters. The Morgan fingerprint density at radius 1 is 1.41 bits per heavy atom. The molecule has 8 heteroatoms. The van der Waals surface area contributed by atoms with E-state index in [0.717, 1.165) is 11.0 Å². The number of halogens is 1. The normalized spacial score (nSPS) is 15.0. The van der Waals surface area contributed by atoms with Crippen LogP contribution >= 0.6 is 11.6 Å². The molecule has 0 radical (unpaired) electrons. The number of anilines is 1. The SMILES string of the molecule is O=C1CNC(=O)N1c1ccc(Cl)c([N+](=O)[O-])c1. The van der Waals surface area contributed by atoms with E-state index in [9.17, 15) is 19.7 Å². The summed E-state index contributed by atoms with van der Waals surface area (Å²) in [5, 5.41) is 12.9. The Balaban J connectivity index is 2.46. The zero-order valence-electron chi connectivity index (χ0n) is 8.34. The zero-order chi connectivity index (χ0) is 12.6. The first kappa shape index (κ1) is 11.3. The van der Waals surface area contributed by atoms with Crippen molar-refractivity contribution in [2.24, 2.45) is 0 Å². The Labute approximate surface area is 100 Å². The highest BCUT2D eigenvalue weighted by molar-refractivity contribution is 6.33. The van der Waals surface area contributed by atoms with Crippen molar-refractivity contribution in [2.45, 2.75) is 0 Å². The molecule has 0 aromatic heterocycles. The zero-order valence-corrected chi connectivity index (χ0v) is 9.10. The largest absolute Gasteiger partial charge is 0.329 e. The van der Waals surface area contributed by atoms with Crippen LogP contribution in [0.1, 0.15) is 0 Å². The summed E-state index contributed by atoms with van der Waals surface area (Å²) in [5.74, 6) is -0.466. The van der Waals surface area contributed by atoms with Crippen molar-refractivity contribution in [1.82, 2.24) is 5.32 Å². The van der Waals surface area contributed by atoms with Crippen molar-refractivity contribution < 1.29 is 14.5 Å². The Kier molecular flexibility index (Phi) is 2.68. The maximum Gasteiger partial charge on any atom is 0.329 e. The smallest absolute Gasteiger partial charge is 0.328 e. The molecule has 1 N–H and O–H groups in total. The molecule has 88 valence electrons. The van der Waals surface area contributed by atoms with E-state index in [0.29, 0.717) is 0 Å². The van der Waals surface area contributed by atoms with Gasteiger partial charge in [0, 0.05) is 6.07 Å². The fourth-order valence-electron chi connectivity index (χ4n) is 1.46. The van der Waals surface area contributed by atoms with Crippen LogP contribution in [-0.2, 0) is 4.79 Å². The second-order valence-electron chi connectivity index (χ2n) is 3.28. The summed E-state index contributed by atoms with van der Waals surface area (Å²) in [5.41, 5.74) is -0.224. The number of imide groups is 1. The van der Waals surface area contributed by atoms with Gasteiger partial charge in [-0.2, -0.15) is 0 Å². The molecular weight excluding hydrogens is 250 g/mol. The predicted octanol–water partition coefficient (Wildman–Crippen LogP) is 1.30. The third kappa shape index (κ3) is 1.92. The molecule has 0 unspecified atom stereocenters. The van der Waals surface area contributed by atoms with Gasteiger partial charge in [0.05, 0.1) is 17.2 Å². The number of rotatable bonds is 2. The number of carbonyl (C=O) groups excluding carboxylic acids is 2. The van der Waals surface area contributed by atoms with Crippen LogP contribution in [0.4, 0.5) is 16.2 Å². The van der Waals surface area contributed by atoms with E-state index in [-0.39, 0.29) is 22.9 Å². The van der Waals surface area contributed by atoms with Gasteiger partial charge in [0.2, 0.25) is 0 Å². The van der Waals surface area contributed by atoms with E-state index in [1.807, 2.05) is 0 Å². The second kappa shape index (κ2) is 4.02. The third-order valence-corrected chi connectivity index (χ3v) is 2.55. The van der Waals surface area contributed by atoms with Crippen molar-refractivity contribution in [1.29, 1.82) is 0 Å². The number of amides is 3. The minimum atomic E-state index is -0.676. The molecule has 0 spiro atoms. The van der Waals surface area contributed by atoms with Gasteiger partial charge in [0.1, 0.15) is 5.02 Å². The lowest BCUT2D eigenvalue weighted by Crippen LogP contribution is -2.30. The molecule has 1 aliphatic heterocycles. The van der Waals surface area contributed by atoms with Crippen LogP contribution in [0.5, 0.6) is 0 Å². The molecule has 2 rings (SSSR count). The number of hydrogen-bond donors (Lipinski definition) is 1. The number of benzene rings is 1. The minimum Gasteiger partial charge on any atom is -0.328 e. The fraction of sp³-hybridized carbons (Fsp3) is 0.111. The van der Waals surface area contributed by atoms with E-state index in [1.165, 1.54) is 12.1 Å². The molecule has 1 saturated heterocycles. The summed E-state index contributed by atoms with van der Waals surface area (Å²) in [6.07, 6.45) is 0. The van der Waals surface area contributed by atoms with Gasteiger partial charge in [-0.15, -0.1) is 0 Å². The van der Waals surface area contributed by atoms with Gasteiger partial charge in [0.25, 0.3) is 11.6 Å². The number of hydrogen-bond acceptors (Lipinski definition) is 4. The average molecular weight is 256 g/mol. The van der Waals surface area contributed by atoms with E-state index in [2.05, 4.69) is 5.32 Å². The van der Waals surface area contributed by atoms with Crippen LogP contribution in [-0.4, -0.2) is 23.4 Å². The molecule has 0 saturated carbocycles. The minimum absolute atomic E-state index is 0.0502.